The predicted molar refractivity (Wildman–Crippen MR) is 82.2 cm³/mol. The number of nitriles is 1. The lowest BCUT2D eigenvalue weighted by Crippen LogP contribution is -2.36. The molecule has 0 aromatic heterocycles. The van der Waals surface area contributed by atoms with E-state index in [1.54, 1.807) is 14.2 Å². The topological polar surface area (TPSA) is 45.5 Å². The van der Waals surface area contributed by atoms with Gasteiger partial charge >= 0.3 is 0 Å². The van der Waals surface area contributed by atoms with Gasteiger partial charge in [-0.1, -0.05) is 6.07 Å². The van der Waals surface area contributed by atoms with Crippen LogP contribution in [0, 0.1) is 17.2 Å². The van der Waals surface area contributed by atoms with Crippen molar-refractivity contribution in [2.24, 2.45) is 5.92 Å². The molecular weight excluding hydrogens is 264 g/mol. The monoisotopic (exact) mass is 288 g/mol. The normalized spacial score (nSPS) is 15.8. The van der Waals surface area contributed by atoms with Gasteiger partial charge in [-0.2, -0.15) is 5.26 Å². The maximum atomic E-state index is 9.05. The van der Waals surface area contributed by atoms with Gasteiger partial charge in [-0.15, -0.1) is 0 Å². The number of hydrogen-bond acceptors (Lipinski definition) is 4. The van der Waals surface area contributed by atoms with Crippen LogP contribution < -0.4 is 4.74 Å². The zero-order valence-electron chi connectivity index (χ0n) is 13.1. The first-order chi connectivity index (χ1) is 10.2. The molecule has 2 rings (SSSR count). The minimum absolute atomic E-state index is 0.571. The van der Waals surface area contributed by atoms with E-state index in [-0.39, 0.29) is 0 Å². The molecule has 4 nitrogen and oxygen atoms in total. The summed E-state index contributed by atoms with van der Waals surface area (Å²) in [4.78, 5) is 2.46. The van der Waals surface area contributed by atoms with Crippen molar-refractivity contribution in [2.75, 3.05) is 27.4 Å². The molecule has 0 radical (unpaired) electrons. The lowest BCUT2D eigenvalue weighted by Gasteiger charge is -2.29. The highest BCUT2D eigenvalue weighted by Gasteiger charge is 2.31. The van der Waals surface area contributed by atoms with Crippen LogP contribution in [-0.4, -0.2) is 38.3 Å². The van der Waals surface area contributed by atoms with E-state index in [0.29, 0.717) is 17.4 Å². The Hall–Kier alpha value is -1.57. The lowest BCUT2D eigenvalue weighted by molar-refractivity contribution is 0.111. The molecule has 1 aromatic rings. The molecule has 0 spiro atoms. The van der Waals surface area contributed by atoms with E-state index in [4.69, 9.17) is 14.7 Å². The smallest absolute Gasteiger partial charge is 0.136 e. The zero-order chi connectivity index (χ0) is 15.2. The van der Waals surface area contributed by atoms with Gasteiger partial charge < -0.3 is 9.47 Å². The molecule has 1 aliphatic rings. The van der Waals surface area contributed by atoms with E-state index < -0.39 is 0 Å². The summed E-state index contributed by atoms with van der Waals surface area (Å²) in [5.74, 6) is 1.47. The molecule has 0 amide bonds. The molecular formula is C17H24N2O2. The fourth-order valence-electron chi connectivity index (χ4n) is 2.67. The first-order valence-electron chi connectivity index (χ1n) is 7.49. The number of rotatable bonds is 8. The summed E-state index contributed by atoms with van der Waals surface area (Å²) in [6.07, 6.45) is 2.67. The quantitative estimate of drug-likeness (QED) is 0.738. The van der Waals surface area contributed by atoms with Crippen molar-refractivity contribution < 1.29 is 9.47 Å². The lowest BCUT2D eigenvalue weighted by atomic mass is 10.1. The second-order valence-corrected chi connectivity index (χ2v) is 5.69. The predicted octanol–water partition coefficient (Wildman–Crippen LogP) is 2.81. The average molecular weight is 288 g/mol. The van der Waals surface area contributed by atoms with Crippen molar-refractivity contribution in [1.82, 2.24) is 4.90 Å². The molecule has 1 fully saturated rings. The van der Waals surface area contributed by atoms with Gasteiger partial charge in [0.05, 0.1) is 19.3 Å². The Balaban J connectivity index is 2.09. The van der Waals surface area contributed by atoms with Gasteiger partial charge in [-0.05, 0) is 43.4 Å². The van der Waals surface area contributed by atoms with Gasteiger partial charge in [0.15, 0.2) is 0 Å². The Labute approximate surface area is 127 Å². The summed E-state index contributed by atoms with van der Waals surface area (Å²) in [7, 11) is 3.35. The van der Waals surface area contributed by atoms with Crippen LogP contribution in [0.1, 0.15) is 30.9 Å². The Kier molecular flexibility index (Phi) is 5.60. The molecule has 1 saturated carbocycles. The Morgan fingerprint density at radius 3 is 2.71 bits per heavy atom. The van der Waals surface area contributed by atoms with Crippen molar-refractivity contribution in [3.63, 3.8) is 0 Å². The van der Waals surface area contributed by atoms with Gasteiger partial charge in [0.1, 0.15) is 11.8 Å². The largest absolute Gasteiger partial charge is 0.495 e. The number of nitrogens with zero attached hydrogens (tertiary/aromatic N) is 2. The molecule has 0 aliphatic heterocycles. The van der Waals surface area contributed by atoms with Crippen LogP contribution in [0.2, 0.25) is 0 Å². The van der Waals surface area contributed by atoms with E-state index in [0.717, 1.165) is 25.6 Å². The van der Waals surface area contributed by atoms with Crippen molar-refractivity contribution >= 4 is 0 Å². The summed E-state index contributed by atoms with van der Waals surface area (Å²) in [5, 5.41) is 9.05. The van der Waals surface area contributed by atoms with Gasteiger partial charge in [0.25, 0.3) is 0 Å². The Morgan fingerprint density at radius 1 is 1.38 bits per heavy atom. The second kappa shape index (κ2) is 7.44. The third-order valence-corrected chi connectivity index (χ3v) is 4.23. The summed E-state index contributed by atoms with van der Waals surface area (Å²) in [6.45, 7) is 4.83. The van der Waals surface area contributed by atoms with E-state index in [1.807, 2.05) is 18.2 Å². The summed E-state index contributed by atoms with van der Waals surface area (Å²) >= 11 is 0. The van der Waals surface area contributed by atoms with Crippen LogP contribution in [0.3, 0.4) is 0 Å². The van der Waals surface area contributed by atoms with Gasteiger partial charge in [0, 0.05) is 26.2 Å². The maximum Gasteiger partial charge on any atom is 0.136 e. The maximum absolute atomic E-state index is 9.05. The fraction of sp³-hybridized carbons (Fsp3) is 0.588. The van der Waals surface area contributed by atoms with E-state index in [2.05, 4.69) is 17.9 Å². The SMILES string of the molecule is COCCN(Cc1ccc(C#N)c(OC)c1)C(C)C1CC1. The molecule has 21 heavy (non-hydrogen) atoms. The van der Waals surface area contributed by atoms with Crippen LogP contribution in [-0.2, 0) is 11.3 Å². The highest BCUT2D eigenvalue weighted by molar-refractivity contribution is 5.45. The highest BCUT2D eigenvalue weighted by atomic mass is 16.5. The van der Waals surface area contributed by atoms with Gasteiger partial charge in [-0.25, -0.2) is 0 Å². The van der Waals surface area contributed by atoms with E-state index in [1.165, 1.54) is 18.4 Å². The number of ether oxygens (including phenoxy) is 2. The molecule has 114 valence electrons. The van der Waals surface area contributed by atoms with Crippen molar-refractivity contribution in [2.45, 2.75) is 32.4 Å². The van der Waals surface area contributed by atoms with Crippen molar-refractivity contribution in [3.8, 4) is 11.8 Å². The molecule has 0 N–H and O–H groups in total. The van der Waals surface area contributed by atoms with Crippen LogP contribution in [0.4, 0.5) is 0 Å². The van der Waals surface area contributed by atoms with Gasteiger partial charge in [0.2, 0.25) is 0 Å². The first kappa shape index (κ1) is 15.8. The van der Waals surface area contributed by atoms with E-state index >= 15 is 0 Å². The highest BCUT2D eigenvalue weighted by Crippen LogP contribution is 2.35. The first-order valence-corrected chi connectivity index (χ1v) is 7.49. The van der Waals surface area contributed by atoms with Crippen molar-refractivity contribution in [3.05, 3.63) is 29.3 Å². The Morgan fingerprint density at radius 2 is 2.14 bits per heavy atom. The second-order valence-electron chi connectivity index (χ2n) is 5.69. The third-order valence-electron chi connectivity index (χ3n) is 4.23. The number of benzene rings is 1. The molecule has 1 aromatic carbocycles. The Bertz CT molecular complexity index is 506. The summed E-state index contributed by atoms with van der Waals surface area (Å²) in [6, 6.07) is 8.55. The van der Waals surface area contributed by atoms with Crippen LogP contribution in [0.25, 0.3) is 0 Å². The minimum Gasteiger partial charge on any atom is -0.495 e. The average Bonchev–Trinajstić information content (AvgIpc) is 3.35. The third kappa shape index (κ3) is 4.20. The molecule has 1 aliphatic carbocycles. The van der Waals surface area contributed by atoms with Crippen molar-refractivity contribution in [1.29, 1.82) is 5.26 Å². The van der Waals surface area contributed by atoms with Gasteiger partial charge in [-0.3, -0.25) is 4.90 Å². The van der Waals surface area contributed by atoms with E-state index in [9.17, 15) is 0 Å². The molecule has 1 atom stereocenters. The molecule has 0 heterocycles. The summed E-state index contributed by atoms with van der Waals surface area (Å²) < 4.78 is 10.5. The molecule has 0 saturated heterocycles. The zero-order valence-corrected chi connectivity index (χ0v) is 13.1. The van der Waals surface area contributed by atoms with Crippen LogP contribution in [0.5, 0.6) is 5.75 Å². The number of methoxy groups -OCH3 is 2. The molecule has 1 unspecified atom stereocenters. The van der Waals surface area contributed by atoms with Crippen LogP contribution in [0.15, 0.2) is 18.2 Å². The van der Waals surface area contributed by atoms with Crippen LogP contribution >= 0.6 is 0 Å². The summed E-state index contributed by atoms with van der Waals surface area (Å²) in [5.41, 5.74) is 1.76. The number of hydrogen-bond donors (Lipinski definition) is 0. The molecule has 4 heteroatoms. The standard InChI is InChI=1S/C17H24N2O2/c1-13(15-6-7-15)19(8-9-20-2)12-14-4-5-16(11-18)17(10-14)21-3/h4-5,10,13,15H,6-9,12H2,1-3H3. The fourth-order valence-corrected chi connectivity index (χ4v) is 2.67. The molecule has 0 bridgehead atoms. The minimum atomic E-state index is 0.571.